The Bertz CT molecular complexity index is 289. The first-order valence-corrected chi connectivity index (χ1v) is 7.09. The number of nitrogens with zero attached hydrogens (tertiary/aromatic N) is 2. The highest BCUT2D eigenvalue weighted by molar-refractivity contribution is 5.84. The normalized spacial score (nSPS) is 32.7. The Morgan fingerprint density at radius 2 is 1.94 bits per heavy atom. The Morgan fingerprint density at radius 3 is 2.72 bits per heavy atom. The number of nitrogens with two attached hydrogens (primary N) is 1. The minimum absolute atomic E-state index is 0.125. The van der Waals surface area contributed by atoms with Gasteiger partial charge in [-0.1, -0.05) is 0 Å². The van der Waals surface area contributed by atoms with Crippen LogP contribution < -0.4 is 11.1 Å². The molecule has 2 aliphatic rings. The van der Waals surface area contributed by atoms with Gasteiger partial charge in [0.15, 0.2) is 0 Å². The second-order valence-corrected chi connectivity index (χ2v) is 5.64. The van der Waals surface area contributed by atoms with E-state index in [9.17, 15) is 4.79 Å². The van der Waals surface area contributed by atoms with Crippen LogP contribution in [0.15, 0.2) is 0 Å². The van der Waals surface area contributed by atoms with Gasteiger partial charge in [0.25, 0.3) is 0 Å². The minimum atomic E-state index is -0.406. The first-order valence-electron chi connectivity index (χ1n) is 7.09. The fraction of sp³-hybridized carbons (Fsp3) is 0.923. The lowest BCUT2D eigenvalue weighted by Crippen LogP contribution is -2.58. The van der Waals surface area contributed by atoms with Gasteiger partial charge in [0.1, 0.15) is 5.54 Å². The van der Waals surface area contributed by atoms with Crippen molar-refractivity contribution in [1.82, 2.24) is 15.1 Å². The Balaban J connectivity index is 2.16. The van der Waals surface area contributed by atoms with Crippen molar-refractivity contribution in [3.8, 4) is 0 Å². The average molecular weight is 254 g/mol. The van der Waals surface area contributed by atoms with Crippen LogP contribution in [0.4, 0.5) is 0 Å². The predicted molar refractivity (Wildman–Crippen MR) is 72.3 cm³/mol. The number of rotatable bonds is 2. The van der Waals surface area contributed by atoms with Crippen LogP contribution in [-0.4, -0.2) is 67.6 Å². The molecule has 0 aromatic heterocycles. The lowest BCUT2D eigenvalue weighted by Gasteiger charge is -2.40. The number of carbonyl (C=O) groups is 1. The molecule has 2 aliphatic heterocycles. The predicted octanol–water partition coefficient (Wildman–Crippen LogP) is -0.378. The third-order valence-electron chi connectivity index (χ3n) is 4.44. The molecule has 2 fully saturated rings. The molecule has 2 saturated heterocycles. The molecule has 5 nitrogen and oxygen atoms in total. The van der Waals surface area contributed by atoms with Crippen molar-refractivity contribution in [2.24, 2.45) is 5.73 Å². The summed E-state index contributed by atoms with van der Waals surface area (Å²) in [5, 5.41) is 3.39. The molecule has 18 heavy (non-hydrogen) atoms. The molecule has 0 radical (unpaired) electrons. The summed E-state index contributed by atoms with van der Waals surface area (Å²) in [4.78, 5) is 16.7. The largest absolute Gasteiger partial charge is 0.368 e. The summed E-state index contributed by atoms with van der Waals surface area (Å²) in [5.41, 5.74) is 5.37. The molecule has 0 aromatic carbocycles. The van der Waals surface area contributed by atoms with E-state index in [0.29, 0.717) is 0 Å². The average Bonchev–Trinajstić information content (AvgIpc) is 2.70. The third-order valence-corrected chi connectivity index (χ3v) is 4.44. The molecule has 0 spiro atoms. The number of nitrogens with one attached hydrogen (secondary N) is 1. The second kappa shape index (κ2) is 5.99. The van der Waals surface area contributed by atoms with E-state index in [1.807, 2.05) is 0 Å². The topological polar surface area (TPSA) is 61.6 Å². The molecule has 0 aliphatic carbocycles. The van der Waals surface area contributed by atoms with Crippen molar-refractivity contribution in [2.45, 2.75) is 31.2 Å². The first kappa shape index (κ1) is 13.8. The molecule has 3 N–H and O–H groups in total. The highest BCUT2D eigenvalue weighted by atomic mass is 16.1. The van der Waals surface area contributed by atoms with Crippen LogP contribution in [0.2, 0.25) is 0 Å². The van der Waals surface area contributed by atoms with Crippen molar-refractivity contribution in [1.29, 1.82) is 0 Å². The number of primary amides is 1. The molecular formula is C13H26N4O. The van der Waals surface area contributed by atoms with Crippen LogP contribution in [0, 0.1) is 0 Å². The van der Waals surface area contributed by atoms with Crippen LogP contribution in [0.3, 0.4) is 0 Å². The fourth-order valence-corrected chi connectivity index (χ4v) is 3.25. The van der Waals surface area contributed by atoms with Crippen LogP contribution in [0.1, 0.15) is 25.7 Å². The van der Waals surface area contributed by atoms with E-state index in [2.05, 4.69) is 22.2 Å². The van der Waals surface area contributed by atoms with E-state index in [4.69, 9.17) is 5.73 Å². The van der Waals surface area contributed by atoms with E-state index in [-0.39, 0.29) is 5.91 Å². The quantitative estimate of drug-likeness (QED) is 0.705. The van der Waals surface area contributed by atoms with Crippen LogP contribution in [0.25, 0.3) is 0 Å². The second-order valence-electron chi connectivity index (χ2n) is 5.64. The van der Waals surface area contributed by atoms with Crippen LogP contribution in [0.5, 0.6) is 0 Å². The van der Waals surface area contributed by atoms with Gasteiger partial charge in [0.05, 0.1) is 0 Å². The molecule has 2 rings (SSSR count). The van der Waals surface area contributed by atoms with Gasteiger partial charge in [-0.3, -0.25) is 9.69 Å². The third kappa shape index (κ3) is 2.84. The zero-order chi connectivity index (χ0) is 13.0. The summed E-state index contributed by atoms with van der Waals surface area (Å²) in [5.74, 6) is -0.125. The van der Waals surface area contributed by atoms with Gasteiger partial charge in [-0.2, -0.15) is 0 Å². The van der Waals surface area contributed by atoms with Crippen molar-refractivity contribution in [3.63, 3.8) is 0 Å². The summed E-state index contributed by atoms with van der Waals surface area (Å²) < 4.78 is 0. The van der Waals surface area contributed by atoms with Gasteiger partial charge in [0.2, 0.25) is 5.91 Å². The highest BCUT2D eigenvalue weighted by Gasteiger charge is 2.42. The monoisotopic (exact) mass is 254 g/mol. The van der Waals surface area contributed by atoms with Crippen molar-refractivity contribution >= 4 is 5.91 Å². The maximum absolute atomic E-state index is 12.1. The van der Waals surface area contributed by atoms with Gasteiger partial charge >= 0.3 is 0 Å². The summed E-state index contributed by atoms with van der Waals surface area (Å²) in [6.07, 6.45) is 3.94. The van der Waals surface area contributed by atoms with Gasteiger partial charge in [-0.15, -0.1) is 0 Å². The molecule has 2 heterocycles. The Morgan fingerprint density at radius 1 is 1.11 bits per heavy atom. The highest BCUT2D eigenvalue weighted by Crippen LogP contribution is 2.29. The van der Waals surface area contributed by atoms with E-state index in [1.165, 1.54) is 0 Å². The standard InChI is InChI=1S/C13H26N4O/c1-16-8-2-4-13(5-10-16,12(14)18)17-9-3-6-15-7-11-17/h15H,2-11H2,1H3,(H2,14,18). The van der Waals surface area contributed by atoms with Gasteiger partial charge < -0.3 is 16.0 Å². The number of hydrogen-bond acceptors (Lipinski definition) is 4. The first-order chi connectivity index (χ1) is 8.65. The van der Waals surface area contributed by atoms with Crippen LogP contribution in [-0.2, 0) is 4.79 Å². The van der Waals surface area contributed by atoms with Gasteiger partial charge in [-0.25, -0.2) is 0 Å². The fourth-order valence-electron chi connectivity index (χ4n) is 3.25. The summed E-state index contributed by atoms with van der Waals surface area (Å²) in [6.45, 7) is 5.97. The zero-order valence-corrected chi connectivity index (χ0v) is 11.5. The molecule has 0 bridgehead atoms. The molecular weight excluding hydrogens is 228 g/mol. The maximum atomic E-state index is 12.1. The van der Waals surface area contributed by atoms with E-state index in [1.54, 1.807) is 0 Å². The summed E-state index contributed by atoms with van der Waals surface area (Å²) in [7, 11) is 2.13. The molecule has 1 unspecified atom stereocenters. The van der Waals surface area contributed by atoms with Crippen LogP contribution >= 0.6 is 0 Å². The smallest absolute Gasteiger partial charge is 0.238 e. The molecule has 1 amide bonds. The van der Waals surface area contributed by atoms with E-state index >= 15 is 0 Å². The molecule has 0 saturated carbocycles. The lowest BCUT2D eigenvalue weighted by molar-refractivity contribution is -0.131. The van der Waals surface area contributed by atoms with E-state index in [0.717, 1.165) is 65.0 Å². The van der Waals surface area contributed by atoms with Crippen molar-refractivity contribution in [2.75, 3.05) is 46.3 Å². The maximum Gasteiger partial charge on any atom is 0.238 e. The molecule has 104 valence electrons. The molecule has 1 atom stereocenters. The van der Waals surface area contributed by atoms with Gasteiger partial charge in [0, 0.05) is 26.2 Å². The SMILES string of the molecule is CN1CCCC(C(N)=O)(N2CCCNCC2)CC1. The van der Waals surface area contributed by atoms with Crippen molar-refractivity contribution < 1.29 is 4.79 Å². The minimum Gasteiger partial charge on any atom is -0.368 e. The number of amides is 1. The molecule has 0 aromatic rings. The summed E-state index contributed by atoms with van der Waals surface area (Å²) in [6, 6.07) is 0. The van der Waals surface area contributed by atoms with E-state index < -0.39 is 5.54 Å². The Labute approximate surface area is 110 Å². The number of likely N-dealkylation sites (tertiary alicyclic amines) is 1. The number of hydrogen-bond donors (Lipinski definition) is 2. The molecule has 5 heteroatoms. The lowest BCUT2D eigenvalue weighted by atomic mass is 9.87. The number of carbonyl (C=O) groups excluding carboxylic acids is 1. The Kier molecular flexibility index (Phi) is 4.59. The zero-order valence-electron chi connectivity index (χ0n) is 11.5. The summed E-state index contributed by atoms with van der Waals surface area (Å²) >= 11 is 0. The van der Waals surface area contributed by atoms with Crippen molar-refractivity contribution in [3.05, 3.63) is 0 Å². The Hall–Kier alpha value is -0.650. The van der Waals surface area contributed by atoms with Gasteiger partial charge in [-0.05, 0) is 45.8 Å².